The number of rotatable bonds is 8. The lowest BCUT2D eigenvalue weighted by Gasteiger charge is -2.07. The average molecular weight is 433 g/mol. The van der Waals surface area contributed by atoms with Crippen molar-refractivity contribution >= 4 is 23.4 Å². The van der Waals surface area contributed by atoms with Gasteiger partial charge in [0.25, 0.3) is 5.22 Å². The fourth-order valence-corrected chi connectivity index (χ4v) is 3.26. The number of methoxy groups -OCH3 is 1. The van der Waals surface area contributed by atoms with E-state index in [0.717, 1.165) is 11.3 Å². The molecule has 0 aliphatic rings. The quantitative estimate of drug-likeness (QED) is 0.379. The van der Waals surface area contributed by atoms with Crippen molar-refractivity contribution in [3.8, 4) is 28.7 Å². The first-order valence-electron chi connectivity index (χ1n) is 9.43. The van der Waals surface area contributed by atoms with Gasteiger partial charge in [0.1, 0.15) is 17.2 Å². The topological polar surface area (TPSA) is 86.5 Å². The summed E-state index contributed by atoms with van der Waals surface area (Å²) in [4.78, 5) is 12.3. The monoisotopic (exact) mass is 433 g/mol. The van der Waals surface area contributed by atoms with Crippen LogP contribution in [0.4, 0.5) is 5.69 Å². The Balaban J connectivity index is 1.29. The summed E-state index contributed by atoms with van der Waals surface area (Å²) < 4.78 is 16.6. The second-order valence-electron chi connectivity index (χ2n) is 6.38. The molecule has 156 valence electrons. The van der Waals surface area contributed by atoms with E-state index in [0.29, 0.717) is 28.3 Å². The molecule has 3 aromatic carbocycles. The Hall–Kier alpha value is -3.78. The van der Waals surface area contributed by atoms with Gasteiger partial charge in [0.2, 0.25) is 11.8 Å². The van der Waals surface area contributed by atoms with Gasteiger partial charge in [-0.15, -0.1) is 10.2 Å². The van der Waals surface area contributed by atoms with Crippen molar-refractivity contribution in [2.24, 2.45) is 0 Å². The first-order valence-corrected chi connectivity index (χ1v) is 10.4. The Labute approximate surface area is 183 Å². The van der Waals surface area contributed by atoms with Crippen LogP contribution in [0.25, 0.3) is 11.5 Å². The largest absolute Gasteiger partial charge is 0.497 e. The number of ether oxygens (including phenoxy) is 2. The zero-order valence-corrected chi connectivity index (χ0v) is 17.5. The molecule has 1 aromatic heterocycles. The van der Waals surface area contributed by atoms with Crippen LogP contribution < -0.4 is 14.8 Å². The predicted octanol–water partition coefficient (Wildman–Crippen LogP) is 5.27. The maximum Gasteiger partial charge on any atom is 0.277 e. The minimum atomic E-state index is -0.178. The van der Waals surface area contributed by atoms with Crippen LogP contribution in [0.15, 0.2) is 88.5 Å². The van der Waals surface area contributed by atoms with Gasteiger partial charge in [-0.25, -0.2) is 0 Å². The Morgan fingerprint density at radius 2 is 1.68 bits per heavy atom. The van der Waals surface area contributed by atoms with Crippen molar-refractivity contribution in [3.63, 3.8) is 0 Å². The predicted molar refractivity (Wildman–Crippen MR) is 119 cm³/mol. The molecule has 0 unspecified atom stereocenters. The standard InChI is InChI=1S/C23H19N3O4S/c1-28-20-9-5-6-16(14-20)22-25-26-23(30-22)31-15-21(27)24-17-10-12-19(13-11-17)29-18-7-3-2-4-8-18/h2-14H,15H2,1H3,(H,24,27). The van der Waals surface area contributed by atoms with Gasteiger partial charge in [-0.2, -0.15) is 0 Å². The highest BCUT2D eigenvalue weighted by Crippen LogP contribution is 2.26. The molecule has 0 radical (unpaired) electrons. The van der Waals surface area contributed by atoms with E-state index in [1.165, 1.54) is 11.8 Å². The van der Waals surface area contributed by atoms with Crippen LogP contribution in [0.1, 0.15) is 0 Å². The molecule has 7 nitrogen and oxygen atoms in total. The summed E-state index contributed by atoms with van der Waals surface area (Å²) in [5.74, 6) is 2.48. The molecule has 0 aliphatic heterocycles. The van der Waals surface area contributed by atoms with Crippen LogP contribution in [-0.2, 0) is 4.79 Å². The first kappa shape index (κ1) is 20.5. The van der Waals surface area contributed by atoms with Crippen LogP contribution in [0.2, 0.25) is 0 Å². The lowest BCUT2D eigenvalue weighted by molar-refractivity contribution is -0.113. The SMILES string of the molecule is COc1cccc(-c2nnc(SCC(=O)Nc3ccc(Oc4ccccc4)cc3)o2)c1. The lowest BCUT2D eigenvalue weighted by atomic mass is 10.2. The minimum absolute atomic E-state index is 0.141. The average Bonchev–Trinajstić information content (AvgIpc) is 3.29. The third-order valence-electron chi connectivity index (χ3n) is 4.17. The normalized spacial score (nSPS) is 10.5. The van der Waals surface area contributed by atoms with Gasteiger partial charge in [0.15, 0.2) is 0 Å². The molecule has 4 rings (SSSR count). The van der Waals surface area contributed by atoms with Crippen molar-refractivity contribution < 1.29 is 18.7 Å². The highest BCUT2D eigenvalue weighted by Gasteiger charge is 2.12. The van der Waals surface area contributed by atoms with Gasteiger partial charge in [0.05, 0.1) is 12.9 Å². The smallest absolute Gasteiger partial charge is 0.277 e. The molecule has 0 aliphatic carbocycles. The molecule has 1 N–H and O–H groups in total. The third-order valence-corrected chi connectivity index (χ3v) is 4.99. The molecule has 8 heteroatoms. The number of nitrogens with zero attached hydrogens (tertiary/aromatic N) is 2. The van der Waals surface area contributed by atoms with Crippen LogP contribution in [0.3, 0.4) is 0 Å². The second kappa shape index (κ2) is 9.82. The number of anilines is 1. The second-order valence-corrected chi connectivity index (χ2v) is 7.31. The molecular formula is C23H19N3O4S. The van der Waals surface area contributed by atoms with E-state index in [1.807, 2.05) is 48.5 Å². The van der Waals surface area contributed by atoms with Gasteiger partial charge in [0, 0.05) is 11.3 Å². The fraction of sp³-hybridized carbons (Fsp3) is 0.0870. The highest BCUT2D eigenvalue weighted by atomic mass is 32.2. The Morgan fingerprint density at radius 1 is 0.935 bits per heavy atom. The summed E-state index contributed by atoms with van der Waals surface area (Å²) in [5.41, 5.74) is 1.43. The van der Waals surface area contributed by atoms with Crippen molar-refractivity contribution in [1.82, 2.24) is 10.2 Å². The van der Waals surface area contributed by atoms with Crippen molar-refractivity contribution in [2.45, 2.75) is 5.22 Å². The lowest BCUT2D eigenvalue weighted by Crippen LogP contribution is -2.13. The number of thioether (sulfide) groups is 1. The van der Waals surface area contributed by atoms with Gasteiger partial charge in [-0.3, -0.25) is 4.79 Å². The molecule has 0 fully saturated rings. The Bertz CT molecular complexity index is 1150. The summed E-state index contributed by atoms with van der Waals surface area (Å²) in [5, 5.41) is 11.2. The summed E-state index contributed by atoms with van der Waals surface area (Å²) in [6, 6.07) is 24.0. The number of para-hydroxylation sites is 1. The van der Waals surface area contributed by atoms with Crippen LogP contribution in [0.5, 0.6) is 17.2 Å². The number of carbonyl (C=O) groups is 1. The van der Waals surface area contributed by atoms with E-state index in [2.05, 4.69) is 15.5 Å². The maximum absolute atomic E-state index is 12.3. The molecule has 0 saturated carbocycles. The van der Waals surface area contributed by atoms with Crippen LogP contribution >= 0.6 is 11.8 Å². The van der Waals surface area contributed by atoms with Crippen LogP contribution in [-0.4, -0.2) is 29.0 Å². The number of nitrogens with one attached hydrogen (secondary N) is 1. The number of hydrogen-bond donors (Lipinski definition) is 1. The number of hydrogen-bond acceptors (Lipinski definition) is 7. The molecule has 0 bridgehead atoms. The molecule has 1 heterocycles. The van der Waals surface area contributed by atoms with E-state index >= 15 is 0 Å². The van der Waals surface area contributed by atoms with E-state index < -0.39 is 0 Å². The molecule has 0 saturated heterocycles. The summed E-state index contributed by atoms with van der Waals surface area (Å²) in [6.07, 6.45) is 0. The number of aromatic nitrogens is 2. The number of amides is 1. The first-order chi connectivity index (χ1) is 15.2. The molecular weight excluding hydrogens is 414 g/mol. The van der Waals surface area contributed by atoms with Gasteiger partial charge in [-0.1, -0.05) is 36.0 Å². The summed E-state index contributed by atoms with van der Waals surface area (Å²) >= 11 is 1.17. The minimum Gasteiger partial charge on any atom is -0.497 e. The van der Waals surface area contributed by atoms with E-state index in [9.17, 15) is 4.79 Å². The van der Waals surface area contributed by atoms with E-state index in [-0.39, 0.29) is 11.7 Å². The Kier molecular flexibility index (Phi) is 6.49. The van der Waals surface area contributed by atoms with Gasteiger partial charge >= 0.3 is 0 Å². The van der Waals surface area contributed by atoms with Gasteiger partial charge < -0.3 is 19.2 Å². The highest BCUT2D eigenvalue weighted by molar-refractivity contribution is 7.99. The van der Waals surface area contributed by atoms with Crippen molar-refractivity contribution in [3.05, 3.63) is 78.9 Å². The number of benzene rings is 3. The molecule has 4 aromatic rings. The summed E-state index contributed by atoms with van der Waals surface area (Å²) in [6.45, 7) is 0. The van der Waals surface area contributed by atoms with Gasteiger partial charge in [-0.05, 0) is 54.6 Å². The zero-order valence-electron chi connectivity index (χ0n) is 16.6. The van der Waals surface area contributed by atoms with E-state index in [4.69, 9.17) is 13.9 Å². The summed E-state index contributed by atoms with van der Waals surface area (Å²) in [7, 11) is 1.59. The molecule has 31 heavy (non-hydrogen) atoms. The zero-order chi connectivity index (χ0) is 21.5. The molecule has 1 amide bonds. The Morgan fingerprint density at radius 3 is 2.45 bits per heavy atom. The maximum atomic E-state index is 12.3. The van der Waals surface area contributed by atoms with Crippen molar-refractivity contribution in [2.75, 3.05) is 18.2 Å². The molecule has 0 atom stereocenters. The molecule has 0 spiro atoms. The van der Waals surface area contributed by atoms with E-state index in [1.54, 1.807) is 37.4 Å². The van der Waals surface area contributed by atoms with Crippen molar-refractivity contribution in [1.29, 1.82) is 0 Å². The van der Waals surface area contributed by atoms with Crippen LogP contribution in [0, 0.1) is 0 Å². The fourth-order valence-electron chi connectivity index (χ4n) is 2.70. The third kappa shape index (κ3) is 5.64. The number of carbonyl (C=O) groups excluding carboxylic acids is 1.